The van der Waals surface area contributed by atoms with Gasteiger partial charge in [-0.1, -0.05) is 0 Å². The summed E-state index contributed by atoms with van der Waals surface area (Å²) in [5.41, 5.74) is 10.5. The molecule has 0 aliphatic carbocycles. The number of aromatic hydroxyl groups is 1. The van der Waals surface area contributed by atoms with Gasteiger partial charge in [0.2, 0.25) is 0 Å². The molecular formula is C9H12ClFN2O3. The topological polar surface area (TPSA) is 110 Å². The van der Waals surface area contributed by atoms with Crippen LogP contribution in [0.5, 0.6) is 5.75 Å². The summed E-state index contributed by atoms with van der Waals surface area (Å²) in [5, 5.41) is 18.0. The predicted molar refractivity (Wildman–Crippen MR) is 58.3 cm³/mol. The highest BCUT2D eigenvalue weighted by Gasteiger charge is 2.17. The van der Waals surface area contributed by atoms with Gasteiger partial charge >= 0.3 is 5.97 Å². The average Bonchev–Trinajstić information content (AvgIpc) is 2.20. The quantitative estimate of drug-likeness (QED) is 0.628. The lowest BCUT2D eigenvalue weighted by atomic mass is 10.0. The monoisotopic (exact) mass is 250 g/mol. The molecule has 0 saturated carbocycles. The van der Waals surface area contributed by atoms with E-state index >= 15 is 0 Å². The number of aromatic carboxylic acids is 1. The van der Waals surface area contributed by atoms with E-state index in [-0.39, 0.29) is 30.1 Å². The molecule has 0 unspecified atom stereocenters. The van der Waals surface area contributed by atoms with Crippen LogP contribution < -0.4 is 11.5 Å². The van der Waals surface area contributed by atoms with Crippen LogP contribution in [0.15, 0.2) is 12.1 Å². The van der Waals surface area contributed by atoms with Crippen LogP contribution in [-0.2, 0) is 0 Å². The number of carboxylic acids is 1. The van der Waals surface area contributed by atoms with Crippen molar-refractivity contribution < 1.29 is 19.4 Å². The van der Waals surface area contributed by atoms with Crippen LogP contribution in [0.4, 0.5) is 4.39 Å². The molecule has 1 atom stereocenters. The van der Waals surface area contributed by atoms with E-state index in [1.807, 2.05) is 0 Å². The summed E-state index contributed by atoms with van der Waals surface area (Å²) >= 11 is 0. The van der Waals surface area contributed by atoms with Gasteiger partial charge in [-0.05, 0) is 12.1 Å². The van der Waals surface area contributed by atoms with Crippen molar-refractivity contribution in [2.45, 2.75) is 6.04 Å². The number of benzene rings is 1. The molecule has 0 aliphatic heterocycles. The van der Waals surface area contributed by atoms with Gasteiger partial charge in [0, 0.05) is 18.2 Å². The molecule has 90 valence electrons. The fraction of sp³-hybridized carbons (Fsp3) is 0.222. The molecular weight excluding hydrogens is 239 g/mol. The van der Waals surface area contributed by atoms with Gasteiger partial charge in [-0.15, -0.1) is 12.4 Å². The Balaban J connectivity index is 0.00000225. The van der Waals surface area contributed by atoms with E-state index in [1.54, 1.807) is 0 Å². The van der Waals surface area contributed by atoms with Gasteiger partial charge in [0.1, 0.15) is 0 Å². The first kappa shape index (κ1) is 14.6. The number of halogens is 2. The highest BCUT2D eigenvalue weighted by molar-refractivity contribution is 5.88. The zero-order valence-electron chi connectivity index (χ0n) is 8.18. The predicted octanol–water partition coefficient (Wildman–Crippen LogP) is 0.610. The van der Waals surface area contributed by atoms with Gasteiger partial charge in [-0.3, -0.25) is 0 Å². The molecule has 5 nitrogen and oxygen atoms in total. The molecule has 6 N–H and O–H groups in total. The molecule has 16 heavy (non-hydrogen) atoms. The van der Waals surface area contributed by atoms with Gasteiger partial charge < -0.3 is 21.7 Å². The first-order valence-corrected chi connectivity index (χ1v) is 4.18. The highest BCUT2D eigenvalue weighted by Crippen LogP contribution is 2.27. The van der Waals surface area contributed by atoms with E-state index in [2.05, 4.69) is 0 Å². The Morgan fingerprint density at radius 3 is 2.50 bits per heavy atom. The molecule has 0 aromatic heterocycles. The van der Waals surface area contributed by atoms with E-state index in [4.69, 9.17) is 16.6 Å². The van der Waals surface area contributed by atoms with Crippen molar-refractivity contribution in [3.63, 3.8) is 0 Å². The second kappa shape index (κ2) is 5.64. The van der Waals surface area contributed by atoms with E-state index in [0.717, 1.165) is 12.1 Å². The Morgan fingerprint density at radius 1 is 1.50 bits per heavy atom. The summed E-state index contributed by atoms with van der Waals surface area (Å²) in [6, 6.07) is 1.04. The van der Waals surface area contributed by atoms with E-state index in [1.165, 1.54) is 0 Å². The summed E-state index contributed by atoms with van der Waals surface area (Å²) in [7, 11) is 0. The fourth-order valence-electron chi connectivity index (χ4n) is 1.15. The van der Waals surface area contributed by atoms with Gasteiger partial charge in [0.15, 0.2) is 11.6 Å². The summed E-state index contributed by atoms with van der Waals surface area (Å²) in [6.45, 7) is -0.0178. The van der Waals surface area contributed by atoms with Crippen molar-refractivity contribution in [1.82, 2.24) is 0 Å². The number of carboxylic acid groups (broad SMARTS) is 1. The molecule has 7 heteroatoms. The SMILES string of the molecule is Cl.NC[C@H](N)c1cc(C(=O)O)cc(F)c1O. The van der Waals surface area contributed by atoms with Crippen molar-refractivity contribution in [2.75, 3.05) is 6.54 Å². The molecule has 1 aromatic carbocycles. The Bertz CT molecular complexity index is 401. The summed E-state index contributed by atoms with van der Waals surface area (Å²) in [6.07, 6.45) is 0. The largest absolute Gasteiger partial charge is 0.505 e. The molecule has 0 saturated heterocycles. The maximum atomic E-state index is 13.1. The van der Waals surface area contributed by atoms with Crippen LogP contribution >= 0.6 is 12.4 Å². The molecule has 0 radical (unpaired) electrons. The summed E-state index contributed by atoms with van der Waals surface area (Å²) in [5.74, 6) is -2.97. The molecule has 0 spiro atoms. The van der Waals surface area contributed by atoms with Crippen molar-refractivity contribution >= 4 is 18.4 Å². The fourth-order valence-corrected chi connectivity index (χ4v) is 1.15. The lowest BCUT2D eigenvalue weighted by Gasteiger charge is -2.12. The third-order valence-corrected chi connectivity index (χ3v) is 1.99. The first-order chi connectivity index (χ1) is 6.97. The van der Waals surface area contributed by atoms with Crippen LogP contribution in [0.1, 0.15) is 22.0 Å². The third kappa shape index (κ3) is 2.82. The van der Waals surface area contributed by atoms with Crippen molar-refractivity contribution in [3.05, 3.63) is 29.1 Å². The van der Waals surface area contributed by atoms with Crippen LogP contribution in [0, 0.1) is 5.82 Å². The number of phenols is 1. The lowest BCUT2D eigenvalue weighted by Crippen LogP contribution is -2.21. The number of hydrogen-bond donors (Lipinski definition) is 4. The molecule has 0 heterocycles. The van der Waals surface area contributed by atoms with E-state index in [9.17, 15) is 14.3 Å². The van der Waals surface area contributed by atoms with Crippen molar-refractivity contribution in [2.24, 2.45) is 11.5 Å². The van der Waals surface area contributed by atoms with Gasteiger partial charge in [-0.25, -0.2) is 9.18 Å². The molecule has 0 fully saturated rings. The van der Waals surface area contributed by atoms with Crippen LogP contribution in [-0.4, -0.2) is 22.7 Å². The number of phenolic OH excluding ortho intramolecular Hbond substituents is 1. The average molecular weight is 251 g/mol. The highest BCUT2D eigenvalue weighted by atomic mass is 35.5. The minimum atomic E-state index is -1.29. The molecule has 0 amide bonds. The number of rotatable bonds is 3. The second-order valence-corrected chi connectivity index (χ2v) is 3.04. The van der Waals surface area contributed by atoms with Crippen molar-refractivity contribution in [3.8, 4) is 5.75 Å². The normalized spacial score (nSPS) is 11.7. The number of hydrogen-bond acceptors (Lipinski definition) is 4. The standard InChI is InChI=1S/C9H11FN2O3.ClH/c10-6-2-4(9(14)15)1-5(8(6)13)7(12)3-11;/h1-2,7,13H,3,11-12H2,(H,14,15);1H/t7-;/m0./s1. The number of carbonyl (C=O) groups is 1. The van der Waals surface area contributed by atoms with Gasteiger partial charge in [-0.2, -0.15) is 0 Å². The van der Waals surface area contributed by atoms with Gasteiger partial charge in [0.25, 0.3) is 0 Å². The van der Waals surface area contributed by atoms with Crippen LogP contribution in [0.2, 0.25) is 0 Å². The smallest absolute Gasteiger partial charge is 0.335 e. The lowest BCUT2D eigenvalue weighted by molar-refractivity contribution is 0.0696. The van der Waals surface area contributed by atoms with Crippen molar-refractivity contribution in [1.29, 1.82) is 0 Å². The Morgan fingerprint density at radius 2 is 2.06 bits per heavy atom. The van der Waals surface area contributed by atoms with E-state index < -0.39 is 23.6 Å². The second-order valence-electron chi connectivity index (χ2n) is 3.04. The van der Waals surface area contributed by atoms with Crippen LogP contribution in [0.3, 0.4) is 0 Å². The molecule has 1 rings (SSSR count). The Labute approximate surface area is 97.3 Å². The maximum Gasteiger partial charge on any atom is 0.335 e. The zero-order valence-corrected chi connectivity index (χ0v) is 9.00. The maximum absolute atomic E-state index is 13.1. The van der Waals surface area contributed by atoms with E-state index in [0.29, 0.717) is 0 Å². The van der Waals surface area contributed by atoms with Gasteiger partial charge in [0.05, 0.1) is 5.56 Å². The minimum absolute atomic E-state index is 0. The molecule has 0 aliphatic rings. The Kier molecular flexibility index (Phi) is 5.16. The Hall–Kier alpha value is -1.37. The third-order valence-electron chi connectivity index (χ3n) is 1.99. The zero-order chi connectivity index (χ0) is 11.6. The molecule has 0 bridgehead atoms. The molecule has 1 aromatic rings. The van der Waals surface area contributed by atoms with Crippen LogP contribution in [0.25, 0.3) is 0 Å². The summed E-state index contributed by atoms with van der Waals surface area (Å²) in [4.78, 5) is 10.6. The number of nitrogens with two attached hydrogens (primary N) is 2. The summed E-state index contributed by atoms with van der Waals surface area (Å²) < 4.78 is 13.1. The first-order valence-electron chi connectivity index (χ1n) is 4.18. The minimum Gasteiger partial charge on any atom is -0.505 e.